The molecule has 0 bridgehead atoms. The predicted octanol–water partition coefficient (Wildman–Crippen LogP) is 3.27. The van der Waals surface area contributed by atoms with Crippen molar-refractivity contribution in [3.63, 3.8) is 0 Å². The molecule has 148 valence electrons. The Bertz CT molecular complexity index is 826. The number of hydrogen-bond donors (Lipinski definition) is 1. The molecule has 27 heavy (non-hydrogen) atoms. The number of rotatable bonds is 4. The van der Waals surface area contributed by atoms with Gasteiger partial charge < -0.3 is 10.2 Å². The Morgan fingerprint density at radius 1 is 1.30 bits per heavy atom. The smallest absolute Gasteiger partial charge is 0.354 e. The summed E-state index contributed by atoms with van der Waals surface area (Å²) in [5, 5.41) is 4.56. The van der Waals surface area contributed by atoms with Crippen LogP contribution in [0.3, 0.4) is 0 Å². The van der Waals surface area contributed by atoms with Crippen molar-refractivity contribution in [1.82, 2.24) is 15.2 Å². The number of nitrogens with zero attached hydrogens (tertiary/aromatic N) is 3. The molecule has 3 heterocycles. The van der Waals surface area contributed by atoms with Crippen molar-refractivity contribution in [1.29, 1.82) is 0 Å². The molecule has 0 unspecified atom stereocenters. The number of piperazine rings is 1. The molecule has 2 aromatic rings. The molecule has 0 saturated carbocycles. The monoisotopic (exact) mass is 400 g/mol. The summed E-state index contributed by atoms with van der Waals surface area (Å²) in [6, 6.07) is 1.24. The number of halogens is 3. The van der Waals surface area contributed by atoms with E-state index >= 15 is 0 Å². The summed E-state index contributed by atoms with van der Waals surface area (Å²) in [5.41, 5.74) is 0.550. The summed E-state index contributed by atoms with van der Waals surface area (Å²) in [6.07, 6.45) is -4.41. The normalized spacial score (nSPS) is 16.3. The van der Waals surface area contributed by atoms with Gasteiger partial charge in [-0.1, -0.05) is 0 Å². The van der Waals surface area contributed by atoms with Crippen molar-refractivity contribution < 1.29 is 18.0 Å². The first-order valence-electron chi connectivity index (χ1n) is 8.88. The quantitative estimate of drug-likeness (QED) is 0.856. The standard InChI is InChI=1S/C18H23F3N4OS/c1-11(2)22-15(26)9-24-4-6-25(7-5-24)14-8-13(18(19,20)21)17-16(23-14)12(3)10-27-17/h8,10-11H,4-7,9H2,1-3H3,(H,22,26). The van der Waals surface area contributed by atoms with E-state index in [1.54, 1.807) is 12.3 Å². The molecule has 0 aromatic carbocycles. The maximum absolute atomic E-state index is 13.5. The van der Waals surface area contributed by atoms with Gasteiger partial charge in [0.1, 0.15) is 5.82 Å². The number of carbonyl (C=O) groups is 1. The van der Waals surface area contributed by atoms with Crippen LogP contribution in [0, 0.1) is 6.92 Å². The number of carbonyl (C=O) groups excluding carboxylic acids is 1. The number of amides is 1. The van der Waals surface area contributed by atoms with Crippen LogP contribution in [0.4, 0.5) is 19.0 Å². The van der Waals surface area contributed by atoms with Gasteiger partial charge in [0.15, 0.2) is 0 Å². The van der Waals surface area contributed by atoms with Crippen molar-refractivity contribution in [2.45, 2.75) is 33.0 Å². The van der Waals surface area contributed by atoms with Crippen LogP contribution in [0.25, 0.3) is 10.2 Å². The number of nitrogens with one attached hydrogen (secondary N) is 1. The van der Waals surface area contributed by atoms with Crippen LogP contribution in [-0.2, 0) is 11.0 Å². The lowest BCUT2D eigenvalue weighted by molar-refractivity contribution is -0.136. The van der Waals surface area contributed by atoms with Crippen LogP contribution >= 0.6 is 11.3 Å². The highest BCUT2D eigenvalue weighted by Crippen LogP contribution is 2.40. The summed E-state index contributed by atoms with van der Waals surface area (Å²) < 4.78 is 40.7. The average molecular weight is 400 g/mol. The molecule has 1 saturated heterocycles. The fourth-order valence-electron chi connectivity index (χ4n) is 3.19. The summed E-state index contributed by atoms with van der Waals surface area (Å²) in [7, 11) is 0. The minimum absolute atomic E-state index is 0.0359. The first-order chi connectivity index (χ1) is 12.6. The van der Waals surface area contributed by atoms with E-state index in [0.717, 1.165) is 23.0 Å². The van der Waals surface area contributed by atoms with Gasteiger partial charge in [-0.15, -0.1) is 11.3 Å². The largest absolute Gasteiger partial charge is 0.417 e. The minimum atomic E-state index is -4.41. The lowest BCUT2D eigenvalue weighted by Gasteiger charge is -2.35. The SMILES string of the molecule is Cc1csc2c(C(F)(F)F)cc(N3CCN(CC(=O)NC(C)C)CC3)nc12. The van der Waals surface area contributed by atoms with Gasteiger partial charge in [0, 0.05) is 32.2 Å². The second kappa shape index (κ2) is 7.63. The van der Waals surface area contributed by atoms with Crippen molar-refractivity contribution in [3.8, 4) is 0 Å². The Kier molecular flexibility index (Phi) is 5.62. The number of aromatic nitrogens is 1. The van der Waals surface area contributed by atoms with E-state index in [0.29, 0.717) is 44.1 Å². The van der Waals surface area contributed by atoms with E-state index in [-0.39, 0.29) is 16.6 Å². The highest BCUT2D eigenvalue weighted by Gasteiger charge is 2.35. The molecular weight excluding hydrogens is 377 g/mol. The van der Waals surface area contributed by atoms with Gasteiger partial charge >= 0.3 is 6.18 Å². The van der Waals surface area contributed by atoms with Gasteiger partial charge in [-0.05, 0) is 37.8 Å². The van der Waals surface area contributed by atoms with E-state index in [4.69, 9.17) is 0 Å². The third-order valence-corrected chi connectivity index (χ3v) is 5.63. The topological polar surface area (TPSA) is 48.5 Å². The van der Waals surface area contributed by atoms with E-state index < -0.39 is 11.7 Å². The summed E-state index contributed by atoms with van der Waals surface area (Å²) in [5.74, 6) is 0.314. The minimum Gasteiger partial charge on any atom is -0.354 e. The van der Waals surface area contributed by atoms with E-state index in [9.17, 15) is 18.0 Å². The first kappa shape index (κ1) is 19.9. The third-order valence-electron chi connectivity index (χ3n) is 4.51. The number of fused-ring (bicyclic) bond motifs is 1. The maximum Gasteiger partial charge on any atom is 0.417 e. The highest BCUT2D eigenvalue weighted by molar-refractivity contribution is 7.17. The van der Waals surface area contributed by atoms with Gasteiger partial charge in [-0.3, -0.25) is 9.69 Å². The maximum atomic E-state index is 13.5. The van der Waals surface area contributed by atoms with Crippen molar-refractivity contribution in [3.05, 3.63) is 22.6 Å². The number of anilines is 1. The number of alkyl halides is 3. The molecular formula is C18H23F3N4OS. The molecule has 1 fully saturated rings. The molecule has 1 amide bonds. The molecule has 0 atom stereocenters. The van der Waals surface area contributed by atoms with Crippen molar-refractivity contribution >= 4 is 33.3 Å². The van der Waals surface area contributed by atoms with Gasteiger partial charge in [-0.2, -0.15) is 13.2 Å². The van der Waals surface area contributed by atoms with Gasteiger partial charge in [0.2, 0.25) is 5.91 Å². The Morgan fingerprint density at radius 3 is 2.56 bits per heavy atom. The number of pyridine rings is 1. The lowest BCUT2D eigenvalue weighted by atomic mass is 10.2. The van der Waals surface area contributed by atoms with E-state index in [1.807, 2.05) is 23.6 Å². The fourth-order valence-corrected chi connectivity index (χ4v) is 4.21. The predicted molar refractivity (Wildman–Crippen MR) is 101 cm³/mol. The molecule has 2 aromatic heterocycles. The zero-order valence-electron chi connectivity index (χ0n) is 15.6. The van der Waals surface area contributed by atoms with Gasteiger partial charge in [0.25, 0.3) is 0 Å². The van der Waals surface area contributed by atoms with Crippen LogP contribution in [0.15, 0.2) is 11.4 Å². The zero-order chi connectivity index (χ0) is 19.8. The molecule has 3 rings (SSSR count). The fraction of sp³-hybridized carbons (Fsp3) is 0.556. The molecule has 0 spiro atoms. The van der Waals surface area contributed by atoms with Gasteiger partial charge in [0.05, 0.1) is 22.3 Å². The summed E-state index contributed by atoms with van der Waals surface area (Å²) >= 11 is 1.08. The van der Waals surface area contributed by atoms with E-state index in [2.05, 4.69) is 10.3 Å². The lowest BCUT2D eigenvalue weighted by Crippen LogP contribution is -2.50. The van der Waals surface area contributed by atoms with Crippen LogP contribution in [0.1, 0.15) is 25.0 Å². The average Bonchev–Trinajstić information content (AvgIpc) is 2.94. The zero-order valence-corrected chi connectivity index (χ0v) is 16.4. The van der Waals surface area contributed by atoms with Crippen molar-refractivity contribution in [2.75, 3.05) is 37.6 Å². The van der Waals surface area contributed by atoms with Crippen LogP contribution in [0.5, 0.6) is 0 Å². The Balaban J connectivity index is 1.75. The van der Waals surface area contributed by atoms with Crippen LogP contribution in [0.2, 0.25) is 0 Å². The molecule has 1 N–H and O–H groups in total. The first-order valence-corrected chi connectivity index (χ1v) is 9.76. The molecule has 9 heteroatoms. The van der Waals surface area contributed by atoms with Crippen LogP contribution in [-0.4, -0.2) is 54.6 Å². The third kappa shape index (κ3) is 4.52. The second-order valence-electron chi connectivity index (χ2n) is 7.11. The Hall–Kier alpha value is -1.87. The second-order valence-corrected chi connectivity index (χ2v) is 7.99. The van der Waals surface area contributed by atoms with Crippen LogP contribution < -0.4 is 10.2 Å². The summed E-state index contributed by atoms with van der Waals surface area (Å²) in [4.78, 5) is 20.2. The Morgan fingerprint density at radius 2 is 1.96 bits per heavy atom. The molecule has 1 aliphatic heterocycles. The number of hydrogen-bond acceptors (Lipinski definition) is 5. The molecule has 0 radical (unpaired) electrons. The molecule has 1 aliphatic rings. The van der Waals surface area contributed by atoms with E-state index in [1.165, 1.54) is 0 Å². The van der Waals surface area contributed by atoms with Gasteiger partial charge in [-0.25, -0.2) is 4.98 Å². The van der Waals surface area contributed by atoms with Crippen molar-refractivity contribution in [2.24, 2.45) is 0 Å². The highest BCUT2D eigenvalue weighted by atomic mass is 32.1. The summed E-state index contributed by atoms with van der Waals surface area (Å²) in [6.45, 7) is 8.17. The number of aryl methyl sites for hydroxylation is 1. The number of thiophene rings is 1. The molecule has 5 nitrogen and oxygen atoms in total. The Labute approximate surface area is 160 Å². The molecule has 0 aliphatic carbocycles.